The lowest BCUT2D eigenvalue weighted by Crippen LogP contribution is -2.45. The van der Waals surface area contributed by atoms with Crippen molar-refractivity contribution in [1.82, 2.24) is 10.2 Å². The van der Waals surface area contributed by atoms with E-state index in [0.717, 1.165) is 41.2 Å². The monoisotopic (exact) mass is 297 g/mol. The second-order valence-electron chi connectivity index (χ2n) is 6.32. The van der Waals surface area contributed by atoms with Crippen molar-refractivity contribution >= 4 is 11.6 Å². The summed E-state index contributed by atoms with van der Waals surface area (Å²) in [6, 6.07) is 7.80. The molecule has 2 aromatic rings. The zero-order valence-electron chi connectivity index (χ0n) is 12.8. The fourth-order valence-corrected chi connectivity index (χ4v) is 3.11. The molecule has 2 heterocycles. The number of aryl methyl sites for hydroxylation is 2. The number of amides is 1. The zero-order valence-corrected chi connectivity index (χ0v) is 12.8. The molecule has 1 aromatic carbocycles. The van der Waals surface area contributed by atoms with Crippen molar-refractivity contribution in [2.75, 3.05) is 11.4 Å². The summed E-state index contributed by atoms with van der Waals surface area (Å²) in [5, 5.41) is 7.13. The fourth-order valence-electron chi connectivity index (χ4n) is 3.11. The SMILES string of the molecule is Cc1n[nH]c(C)c1CC(=O)N1CC2(CC2)Oc2ccccc21. The Labute approximate surface area is 129 Å². The van der Waals surface area contributed by atoms with E-state index in [1.807, 2.05) is 43.0 Å². The van der Waals surface area contributed by atoms with Crippen molar-refractivity contribution in [3.63, 3.8) is 0 Å². The highest BCUT2D eigenvalue weighted by molar-refractivity contribution is 5.97. The molecule has 1 fully saturated rings. The quantitative estimate of drug-likeness (QED) is 0.926. The molecule has 1 aromatic heterocycles. The maximum atomic E-state index is 12.9. The predicted molar refractivity (Wildman–Crippen MR) is 83.2 cm³/mol. The first-order chi connectivity index (χ1) is 10.6. The number of aromatic nitrogens is 2. The fraction of sp³-hybridized carbons (Fsp3) is 0.412. The number of nitrogens with one attached hydrogen (secondary N) is 1. The Hall–Kier alpha value is -2.30. The number of ether oxygens (including phenoxy) is 1. The molecule has 0 radical (unpaired) electrons. The number of H-pyrrole nitrogens is 1. The van der Waals surface area contributed by atoms with Gasteiger partial charge >= 0.3 is 0 Å². The minimum absolute atomic E-state index is 0.106. The number of fused-ring (bicyclic) bond motifs is 1. The molecule has 1 aliphatic heterocycles. The number of carbonyl (C=O) groups is 1. The third-order valence-electron chi connectivity index (χ3n) is 4.65. The standard InChI is InChI=1S/C17H19N3O2/c1-11-13(12(2)19-18-11)9-16(21)20-10-17(7-8-17)22-15-6-4-3-5-14(15)20/h3-6H,7-10H2,1-2H3,(H,18,19). The summed E-state index contributed by atoms with van der Waals surface area (Å²) in [5.74, 6) is 0.926. The number of nitrogens with zero attached hydrogens (tertiary/aromatic N) is 2. The smallest absolute Gasteiger partial charge is 0.231 e. The first-order valence-electron chi connectivity index (χ1n) is 7.67. The van der Waals surface area contributed by atoms with E-state index in [0.29, 0.717) is 13.0 Å². The lowest BCUT2D eigenvalue weighted by atomic mass is 10.1. The van der Waals surface area contributed by atoms with Crippen molar-refractivity contribution in [1.29, 1.82) is 0 Å². The van der Waals surface area contributed by atoms with Crippen LogP contribution in [0.4, 0.5) is 5.69 Å². The number of para-hydroxylation sites is 2. The Kier molecular flexibility index (Phi) is 2.79. The molecule has 1 aliphatic carbocycles. The van der Waals surface area contributed by atoms with Gasteiger partial charge in [-0.15, -0.1) is 0 Å². The van der Waals surface area contributed by atoms with E-state index in [-0.39, 0.29) is 11.5 Å². The highest BCUT2D eigenvalue weighted by Gasteiger charge is 2.51. The van der Waals surface area contributed by atoms with Crippen LogP contribution in [0, 0.1) is 13.8 Å². The molecule has 1 amide bonds. The molecule has 0 atom stereocenters. The van der Waals surface area contributed by atoms with Crippen molar-refractivity contribution in [2.45, 2.75) is 38.7 Å². The molecule has 5 nitrogen and oxygen atoms in total. The van der Waals surface area contributed by atoms with Gasteiger partial charge in [0.25, 0.3) is 0 Å². The third-order valence-corrected chi connectivity index (χ3v) is 4.65. The normalized spacial score (nSPS) is 18.0. The van der Waals surface area contributed by atoms with Gasteiger partial charge < -0.3 is 9.64 Å². The topological polar surface area (TPSA) is 58.2 Å². The summed E-state index contributed by atoms with van der Waals surface area (Å²) in [7, 11) is 0. The van der Waals surface area contributed by atoms with Crippen molar-refractivity contribution in [3.8, 4) is 5.75 Å². The van der Waals surface area contributed by atoms with Gasteiger partial charge in [-0.25, -0.2) is 0 Å². The Morgan fingerprint density at radius 1 is 1.36 bits per heavy atom. The molecule has 22 heavy (non-hydrogen) atoms. The van der Waals surface area contributed by atoms with E-state index in [2.05, 4.69) is 10.2 Å². The average Bonchev–Trinajstić information content (AvgIpc) is 3.19. The number of hydrogen-bond donors (Lipinski definition) is 1. The number of carbonyl (C=O) groups excluding carboxylic acids is 1. The maximum Gasteiger partial charge on any atom is 0.231 e. The highest BCUT2D eigenvalue weighted by atomic mass is 16.5. The molecule has 4 rings (SSSR count). The summed E-state index contributed by atoms with van der Waals surface area (Å²) < 4.78 is 6.08. The van der Waals surface area contributed by atoms with E-state index < -0.39 is 0 Å². The molecule has 1 saturated carbocycles. The summed E-state index contributed by atoms with van der Waals surface area (Å²) >= 11 is 0. The van der Waals surface area contributed by atoms with E-state index in [1.165, 1.54) is 0 Å². The first kappa shape index (κ1) is 13.4. The minimum atomic E-state index is -0.148. The maximum absolute atomic E-state index is 12.9. The summed E-state index contributed by atoms with van der Waals surface area (Å²) in [6.07, 6.45) is 2.42. The van der Waals surface area contributed by atoms with Crippen molar-refractivity contribution < 1.29 is 9.53 Å². The van der Waals surface area contributed by atoms with Crippen molar-refractivity contribution in [3.05, 3.63) is 41.2 Å². The molecule has 1 N–H and O–H groups in total. The molecule has 2 aliphatic rings. The van der Waals surface area contributed by atoms with Crippen LogP contribution in [0.3, 0.4) is 0 Å². The van der Waals surface area contributed by atoms with Crippen molar-refractivity contribution in [2.24, 2.45) is 0 Å². The molecule has 0 saturated heterocycles. The lowest BCUT2D eigenvalue weighted by molar-refractivity contribution is -0.118. The van der Waals surface area contributed by atoms with Gasteiger partial charge in [0.15, 0.2) is 0 Å². The van der Waals surface area contributed by atoms with Crippen LogP contribution in [0.25, 0.3) is 0 Å². The number of anilines is 1. The molecule has 0 unspecified atom stereocenters. The minimum Gasteiger partial charge on any atom is -0.483 e. The van der Waals surface area contributed by atoms with Gasteiger partial charge in [0.2, 0.25) is 5.91 Å². The third kappa shape index (κ3) is 2.08. The summed E-state index contributed by atoms with van der Waals surface area (Å²) in [6.45, 7) is 4.54. The van der Waals surface area contributed by atoms with E-state index in [9.17, 15) is 4.79 Å². The predicted octanol–water partition coefficient (Wildman–Crippen LogP) is 2.53. The Balaban J connectivity index is 1.65. The van der Waals surface area contributed by atoms with Gasteiger partial charge in [0.05, 0.1) is 24.3 Å². The molecular weight excluding hydrogens is 278 g/mol. The number of hydrogen-bond acceptors (Lipinski definition) is 3. The molecular formula is C17H19N3O2. The number of aromatic amines is 1. The van der Waals surface area contributed by atoms with Crippen LogP contribution in [-0.4, -0.2) is 28.3 Å². The molecule has 114 valence electrons. The largest absolute Gasteiger partial charge is 0.483 e. The van der Waals surface area contributed by atoms with Crippen LogP contribution in [-0.2, 0) is 11.2 Å². The Morgan fingerprint density at radius 2 is 2.14 bits per heavy atom. The van der Waals surface area contributed by atoms with Gasteiger partial charge in [0, 0.05) is 11.3 Å². The van der Waals surface area contributed by atoms with E-state index in [1.54, 1.807) is 0 Å². The van der Waals surface area contributed by atoms with Crippen LogP contribution in [0.1, 0.15) is 29.8 Å². The van der Waals surface area contributed by atoms with Crippen LogP contribution in [0.2, 0.25) is 0 Å². The van der Waals surface area contributed by atoms with E-state index >= 15 is 0 Å². The Morgan fingerprint density at radius 3 is 2.82 bits per heavy atom. The average molecular weight is 297 g/mol. The van der Waals surface area contributed by atoms with Crippen LogP contribution >= 0.6 is 0 Å². The van der Waals surface area contributed by atoms with Crippen LogP contribution < -0.4 is 9.64 Å². The van der Waals surface area contributed by atoms with Gasteiger partial charge in [-0.05, 0) is 38.8 Å². The second kappa shape index (κ2) is 4.60. The van der Waals surface area contributed by atoms with Gasteiger partial charge in [-0.1, -0.05) is 12.1 Å². The zero-order chi connectivity index (χ0) is 15.3. The van der Waals surface area contributed by atoms with Crippen LogP contribution in [0.15, 0.2) is 24.3 Å². The lowest BCUT2D eigenvalue weighted by Gasteiger charge is -2.35. The molecule has 5 heteroatoms. The second-order valence-corrected chi connectivity index (χ2v) is 6.32. The summed E-state index contributed by atoms with van der Waals surface area (Å²) in [4.78, 5) is 14.8. The molecule has 1 spiro atoms. The summed E-state index contributed by atoms with van der Waals surface area (Å²) in [5.41, 5.74) is 3.59. The van der Waals surface area contributed by atoms with Crippen LogP contribution in [0.5, 0.6) is 5.75 Å². The highest BCUT2D eigenvalue weighted by Crippen LogP contribution is 2.48. The number of benzene rings is 1. The first-order valence-corrected chi connectivity index (χ1v) is 7.67. The van der Waals surface area contributed by atoms with E-state index in [4.69, 9.17) is 4.74 Å². The molecule has 0 bridgehead atoms. The number of rotatable bonds is 2. The van der Waals surface area contributed by atoms with Gasteiger partial charge in [-0.2, -0.15) is 5.10 Å². The van der Waals surface area contributed by atoms with Gasteiger partial charge in [0.1, 0.15) is 11.4 Å². The van der Waals surface area contributed by atoms with Gasteiger partial charge in [-0.3, -0.25) is 9.89 Å². The Bertz CT molecular complexity index is 727.